The van der Waals surface area contributed by atoms with Gasteiger partial charge in [0.25, 0.3) is 0 Å². The second-order valence-corrected chi connectivity index (χ2v) is 6.81. The summed E-state index contributed by atoms with van der Waals surface area (Å²) in [7, 11) is 0. The van der Waals surface area contributed by atoms with Crippen LogP contribution in [0.3, 0.4) is 0 Å². The van der Waals surface area contributed by atoms with Crippen molar-refractivity contribution in [2.45, 2.75) is 19.5 Å². The van der Waals surface area contributed by atoms with Crippen molar-refractivity contribution in [1.82, 2.24) is 0 Å². The van der Waals surface area contributed by atoms with Gasteiger partial charge in [-0.25, -0.2) is 0 Å². The number of nitrogens with zero attached hydrogens (tertiary/aromatic N) is 1. The Morgan fingerprint density at radius 1 is 1.22 bits per heavy atom. The predicted octanol–water partition coefficient (Wildman–Crippen LogP) is 4.66. The zero-order chi connectivity index (χ0) is 19.8. The number of carbonyl (C=O) groups excluding carboxylic acids is 2. The van der Waals surface area contributed by atoms with Crippen LogP contribution in [0, 0.1) is 12.8 Å². The van der Waals surface area contributed by atoms with Crippen LogP contribution in [0.2, 0.25) is 5.02 Å². The number of amides is 2. The van der Waals surface area contributed by atoms with E-state index in [4.69, 9.17) is 11.6 Å². The Bertz CT molecular complexity index is 899. The van der Waals surface area contributed by atoms with Crippen molar-refractivity contribution in [3.8, 4) is 0 Å². The normalized spacial score (nSPS) is 17.3. The van der Waals surface area contributed by atoms with Gasteiger partial charge < -0.3 is 10.2 Å². The lowest BCUT2D eigenvalue weighted by Crippen LogP contribution is -2.29. The van der Waals surface area contributed by atoms with Crippen molar-refractivity contribution in [3.63, 3.8) is 0 Å². The molecule has 1 N–H and O–H groups in total. The second-order valence-electron chi connectivity index (χ2n) is 6.37. The highest BCUT2D eigenvalue weighted by Crippen LogP contribution is 2.35. The van der Waals surface area contributed by atoms with Crippen LogP contribution in [-0.4, -0.2) is 18.4 Å². The number of nitrogens with one attached hydrogen (secondary N) is 1. The summed E-state index contributed by atoms with van der Waals surface area (Å²) in [6.07, 6.45) is -4.66. The number of benzene rings is 2. The molecule has 0 spiro atoms. The molecule has 2 aromatic rings. The van der Waals surface area contributed by atoms with Gasteiger partial charge in [-0.3, -0.25) is 9.59 Å². The minimum atomic E-state index is -4.58. The second kappa shape index (κ2) is 7.23. The van der Waals surface area contributed by atoms with Crippen molar-refractivity contribution in [1.29, 1.82) is 0 Å². The topological polar surface area (TPSA) is 49.4 Å². The van der Waals surface area contributed by atoms with Gasteiger partial charge in [-0.15, -0.1) is 0 Å². The number of rotatable bonds is 3. The van der Waals surface area contributed by atoms with Gasteiger partial charge in [0.2, 0.25) is 11.8 Å². The first-order valence-corrected chi connectivity index (χ1v) is 8.58. The summed E-state index contributed by atoms with van der Waals surface area (Å²) in [4.78, 5) is 26.3. The minimum absolute atomic E-state index is 0.0774. The zero-order valence-electron chi connectivity index (χ0n) is 14.3. The zero-order valence-corrected chi connectivity index (χ0v) is 15.1. The maximum atomic E-state index is 13.1. The van der Waals surface area contributed by atoms with Crippen LogP contribution in [0.4, 0.5) is 24.5 Å². The molecule has 2 aromatic carbocycles. The van der Waals surface area contributed by atoms with Crippen LogP contribution in [0.25, 0.3) is 0 Å². The van der Waals surface area contributed by atoms with Crippen molar-refractivity contribution >= 4 is 34.8 Å². The monoisotopic (exact) mass is 396 g/mol. The first-order chi connectivity index (χ1) is 12.7. The average molecular weight is 397 g/mol. The maximum Gasteiger partial charge on any atom is 0.418 e. The summed E-state index contributed by atoms with van der Waals surface area (Å²) in [5.41, 5.74) is 0.166. The van der Waals surface area contributed by atoms with E-state index in [2.05, 4.69) is 5.32 Å². The number of anilines is 2. The average Bonchev–Trinajstić information content (AvgIpc) is 2.98. The van der Waals surface area contributed by atoms with E-state index < -0.39 is 23.6 Å². The number of hydrogen-bond acceptors (Lipinski definition) is 2. The van der Waals surface area contributed by atoms with E-state index >= 15 is 0 Å². The Kier molecular flexibility index (Phi) is 5.15. The van der Waals surface area contributed by atoms with Crippen LogP contribution in [-0.2, 0) is 15.8 Å². The van der Waals surface area contributed by atoms with Gasteiger partial charge in [0.05, 0.1) is 17.2 Å². The van der Waals surface area contributed by atoms with Gasteiger partial charge in [-0.1, -0.05) is 29.8 Å². The first-order valence-electron chi connectivity index (χ1n) is 8.20. The van der Waals surface area contributed by atoms with E-state index in [0.29, 0.717) is 10.7 Å². The number of aryl methyl sites for hydroxylation is 1. The molecular weight excluding hydrogens is 381 g/mol. The fraction of sp³-hybridized carbons (Fsp3) is 0.263. The van der Waals surface area contributed by atoms with Gasteiger partial charge in [-0.05, 0) is 36.8 Å². The number of halogens is 4. The smallest absolute Gasteiger partial charge is 0.325 e. The molecule has 0 bridgehead atoms. The quantitative estimate of drug-likeness (QED) is 0.820. The molecule has 0 aliphatic carbocycles. The molecule has 0 saturated carbocycles. The summed E-state index contributed by atoms with van der Waals surface area (Å²) in [6.45, 7) is 1.89. The molecule has 1 atom stereocenters. The van der Waals surface area contributed by atoms with Crippen molar-refractivity contribution in [2.75, 3.05) is 16.8 Å². The third-order valence-corrected chi connectivity index (χ3v) is 4.68. The van der Waals surface area contributed by atoms with Crippen molar-refractivity contribution < 1.29 is 22.8 Å². The standard InChI is InChI=1S/C19H16ClF3N2O2/c1-11-6-7-13(20)9-16(11)25-10-12(8-17(25)26)18(27)24-15-5-3-2-4-14(15)19(21,22)23/h2-7,9,12H,8,10H2,1H3,(H,24,27). The molecule has 142 valence electrons. The van der Waals surface area contributed by atoms with Crippen LogP contribution < -0.4 is 10.2 Å². The van der Waals surface area contributed by atoms with Crippen LogP contribution in [0.15, 0.2) is 42.5 Å². The molecule has 8 heteroatoms. The molecular formula is C19H16ClF3N2O2. The molecule has 0 aromatic heterocycles. The molecule has 1 heterocycles. The van der Waals surface area contributed by atoms with E-state index in [-0.39, 0.29) is 24.6 Å². The van der Waals surface area contributed by atoms with E-state index in [9.17, 15) is 22.8 Å². The third kappa shape index (κ3) is 4.08. The fourth-order valence-corrected chi connectivity index (χ4v) is 3.23. The molecule has 1 aliphatic heterocycles. The van der Waals surface area contributed by atoms with Crippen LogP contribution >= 0.6 is 11.6 Å². The molecule has 1 unspecified atom stereocenters. The Labute approximate surface area is 158 Å². The fourth-order valence-electron chi connectivity index (χ4n) is 3.06. The lowest BCUT2D eigenvalue weighted by molar-refractivity contribution is -0.137. The molecule has 0 radical (unpaired) electrons. The van der Waals surface area contributed by atoms with E-state index in [1.165, 1.54) is 23.1 Å². The van der Waals surface area contributed by atoms with E-state index in [1.807, 2.05) is 6.92 Å². The number of carbonyl (C=O) groups is 2. The third-order valence-electron chi connectivity index (χ3n) is 4.45. The molecule has 27 heavy (non-hydrogen) atoms. The van der Waals surface area contributed by atoms with Crippen LogP contribution in [0.1, 0.15) is 17.5 Å². The lowest BCUT2D eigenvalue weighted by Gasteiger charge is -2.20. The van der Waals surface area contributed by atoms with E-state index in [1.54, 1.807) is 18.2 Å². The Balaban J connectivity index is 1.78. The number of para-hydroxylation sites is 1. The summed E-state index contributed by atoms with van der Waals surface area (Å²) < 4.78 is 39.2. The van der Waals surface area contributed by atoms with E-state index in [0.717, 1.165) is 11.6 Å². The van der Waals surface area contributed by atoms with Gasteiger partial charge >= 0.3 is 6.18 Å². The van der Waals surface area contributed by atoms with Gasteiger partial charge in [0, 0.05) is 23.7 Å². The minimum Gasteiger partial charge on any atom is -0.325 e. The van der Waals surface area contributed by atoms with Gasteiger partial charge in [-0.2, -0.15) is 13.2 Å². The highest BCUT2D eigenvalue weighted by molar-refractivity contribution is 6.31. The predicted molar refractivity (Wildman–Crippen MR) is 96.7 cm³/mol. The Morgan fingerprint density at radius 3 is 2.63 bits per heavy atom. The summed E-state index contributed by atoms with van der Waals surface area (Å²) in [5.74, 6) is -1.65. The summed E-state index contributed by atoms with van der Waals surface area (Å²) in [5, 5.41) is 2.77. The Hall–Kier alpha value is -2.54. The number of alkyl halides is 3. The molecule has 4 nitrogen and oxygen atoms in total. The van der Waals surface area contributed by atoms with Gasteiger partial charge in [0.15, 0.2) is 0 Å². The number of hydrogen-bond donors (Lipinski definition) is 1. The highest BCUT2D eigenvalue weighted by atomic mass is 35.5. The van der Waals surface area contributed by atoms with Crippen molar-refractivity contribution in [3.05, 3.63) is 58.6 Å². The molecule has 2 amide bonds. The Morgan fingerprint density at radius 2 is 1.93 bits per heavy atom. The molecule has 1 fully saturated rings. The van der Waals surface area contributed by atoms with Gasteiger partial charge in [0.1, 0.15) is 0 Å². The lowest BCUT2D eigenvalue weighted by atomic mass is 10.1. The molecule has 3 rings (SSSR count). The highest BCUT2D eigenvalue weighted by Gasteiger charge is 2.38. The van der Waals surface area contributed by atoms with Crippen molar-refractivity contribution in [2.24, 2.45) is 5.92 Å². The molecule has 1 aliphatic rings. The first kappa shape index (κ1) is 19.2. The molecule has 1 saturated heterocycles. The maximum absolute atomic E-state index is 13.1. The largest absolute Gasteiger partial charge is 0.418 e. The van der Waals surface area contributed by atoms with Crippen LogP contribution in [0.5, 0.6) is 0 Å². The SMILES string of the molecule is Cc1ccc(Cl)cc1N1CC(C(=O)Nc2ccccc2C(F)(F)F)CC1=O. The summed E-state index contributed by atoms with van der Waals surface area (Å²) >= 11 is 5.99. The summed E-state index contributed by atoms with van der Waals surface area (Å²) in [6, 6.07) is 9.84.